The Morgan fingerprint density at radius 2 is 1.61 bits per heavy atom. The number of fused-ring (bicyclic) bond motifs is 1. The first-order chi connectivity index (χ1) is 15.0. The Labute approximate surface area is 178 Å². The van der Waals surface area contributed by atoms with Gasteiger partial charge in [-0.15, -0.1) is 0 Å². The first-order valence-corrected chi connectivity index (χ1v) is 10.1. The molecule has 2 aliphatic heterocycles. The van der Waals surface area contributed by atoms with Crippen LogP contribution in [0.4, 0.5) is 17.1 Å². The highest BCUT2D eigenvalue weighted by Crippen LogP contribution is 2.35. The molecule has 2 heterocycles. The average molecular weight is 419 g/mol. The zero-order valence-electron chi connectivity index (χ0n) is 17.0. The minimum absolute atomic E-state index is 0.0669. The summed E-state index contributed by atoms with van der Waals surface area (Å²) in [7, 11) is 1.64. The van der Waals surface area contributed by atoms with Crippen LogP contribution in [0.3, 0.4) is 0 Å². The van der Waals surface area contributed by atoms with Gasteiger partial charge in [-0.2, -0.15) is 0 Å². The van der Waals surface area contributed by atoms with E-state index in [1.807, 2.05) is 29.2 Å². The minimum atomic E-state index is -0.479. The predicted molar refractivity (Wildman–Crippen MR) is 118 cm³/mol. The van der Waals surface area contributed by atoms with Gasteiger partial charge in [0.1, 0.15) is 17.2 Å². The van der Waals surface area contributed by atoms with E-state index in [-0.39, 0.29) is 12.5 Å². The summed E-state index contributed by atoms with van der Waals surface area (Å²) in [6.07, 6.45) is 0. The number of methoxy groups -OCH3 is 1. The van der Waals surface area contributed by atoms with Crippen LogP contribution in [0, 0.1) is 0 Å². The summed E-state index contributed by atoms with van der Waals surface area (Å²) in [6.45, 7) is 2.69. The summed E-state index contributed by atoms with van der Waals surface area (Å²) in [4.78, 5) is 40.5. The molecule has 2 aliphatic rings. The van der Waals surface area contributed by atoms with Crippen molar-refractivity contribution in [3.05, 3.63) is 62.9 Å². The van der Waals surface area contributed by atoms with Crippen molar-refractivity contribution in [3.8, 4) is 22.6 Å². The Hall–Kier alpha value is -3.81. The summed E-state index contributed by atoms with van der Waals surface area (Å²) >= 11 is 0. The molecule has 8 heteroatoms. The largest absolute Gasteiger partial charge is 0.497 e. The number of piperazine rings is 1. The van der Waals surface area contributed by atoms with Crippen molar-refractivity contribution in [2.45, 2.75) is 0 Å². The van der Waals surface area contributed by atoms with E-state index < -0.39 is 10.9 Å². The highest BCUT2D eigenvalue weighted by molar-refractivity contribution is 5.96. The van der Waals surface area contributed by atoms with Gasteiger partial charge in [-0.05, 0) is 42.0 Å². The topological polar surface area (TPSA) is 88.2 Å². The number of hydrogen-bond acceptors (Lipinski definition) is 7. The fraction of sp³-hybridized carbons (Fsp3) is 0.261. The second kappa shape index (κ2) is 7.46. The number of nitrogens with zero attached hydrogens (tertiary/aromatic N) is 2. The summed E-state index contributed by atoms with van der Waals surface area (Å²) in [6, 6.07) is 13.0. The van der Waals surface area contributed by atoms with Crippen molar-refractivity contribution in [1.29, 1.82) is 0 Å². The lowest BCUT2D eigenvalue weighted by Crippen LogP contribution is -2.51. The van der Waals surface area contributed by atoms with E-state index in [0.717, 1.165) is 24.5 Å². The molecular formula is C23H21N3O5. The van der Waals surface area contributed by atoms with Crippen LogP contribution in [0.15, 0.2) is 52.1 Å². The number of benzene rings is 2. The molecule has 0 bridgehead atoms. The number of hydrogen-bond donors (Lipinski definition) is 1. The molecule has 158 valence electrons. The highest BCUT2D eigenvalue weighted by atomic mass is 16.5. The number of ether oxygens (including phenoxy) is 2. The third-order valence-corrected chi connectivity index (χ3v) is 5.82. The molecule has 0 spiro atoms. The molecule has 31 heavy (non-hydrogen) atoms. The second-order valence-corrected chi connectivity index (χ2v) is 7.60. The van der Waals surface area contributed by atoms with Gasteiger partial charge in [0.15, 0.2) is 6.61 Å². The van der Waals surface area contributed by atoms with Crippen LogP contribution in [-0.4, -0.2) is 45.8 Å². The Kier molecular flexibility index (Phi) is 4.62. The summed E-state index contributed by atoms with van der Waals surface area (Å²) < 4.78 is 10.7. The van der Waals surface area contributed by atoms with Crippen molar-refractivity contribution in [3.63, 3.8) is 0 Å². The molecule has 3 aromatic carbocycles. The lowest BCUT2D eigenvalue weighted by Gasteiger charge is -2.38. The van der Waals surface area contributed by atoms with E-state index in [2.05, 4.69) is 10.2 Å². The molecule has 0 saturated carbocycles. The van der Waals surface area contributed by atoms with Gasteiger partial charge in [0.05, 0.1) is 18.4 Å². The summed E-state index contributed by atoms with van der Waals surface area (Å²) in [5.74, 6) is 1.09. The van der Waals surface area contributed by atoms with Gasteiger partial charge < -0.3 is 24.6 Å². The van der Waals surface area contributed by atoms with Gasteiger partial charge in [0.25, 0.3) is 5.91 Å². The van der Waals surface area contributed by atoms with Crippen LogP contribution in [0.1, 0.15) is 0 Å². The molecule has 1 fully saturated rings. The van der Waals surface area contributed by atoms with Crippen LogP contribution < -0.4 is 35.4 Å². The molecule has 0 radical (unpaired) electrons. The monoisotopic (exact) mass is 419 g/mol. The molecule has 8 nitrogen and oxygen atoms in total. The van der Waals surface area contributed by atoms with Crippen molar-refractivity contribution >= 4 is 23.0 Å². The Bertz CT molecular complexity index is 1220. The minimum Gasteiger partial charge on any atom is -0.497 e. The number of anilines is 3. The van der Waals surface area contributed by atoms with E-state index in [1.165, 1.54) is 0 Å². The van der Waals surface area contributed by atoms with E-state index in [4.69, 9.17) is 9.47 Å². The van der Waals surface area contributed by atoms with Gasteiger partial charge in [0.2, 0.25) is 10.9 Å². The number of amides is 1. The first kappa shape index (κ1) is 19.2. The van der Waals surface area contributed by atoms with Crippen molar-refractivity contribution < 1.29 is 14.3 Å². The second-order valence-electron chi connectivity index (χ2n) is 7.60. The standard InChI is InChI=1S/C23H21N3O5/c1-30-16-5-3-15(4-6-16)25-8-10-26(11-9-25)21-20(22(28)23(21)29)14-2-7-17-18(12-14)31-13-19(27)24-17/h2-7,12H,8-11,13H2,1H3,(H,24,27). The third-order valence-electron chi connectivity index (χ3n) is 5.82. The lowest BCUT2D eigenvalue weighted by molar-refractivity contribution is -0.118. The van der Waals surface area contributed by atoms with Gasteiger partial charge in [-0.25, -0.2) is 0 Å². The molecule has 5 rings (SSSR count). The van der Waals surface area contributed by atoms with Crippen LogP contribution >= 0.6 is 0 Å². The van der Waals surface area contributed by atoms with Crippen LogP contribution in [0.25, 0.3) is 11.1 Å². The number of nitrogens with one attached hydrogen (secondary N) is 1. The van der Waals surface area contributed by atoms with Gasteiger partial charge in [-0.1, -0.05) is 6.07 Å². The molecule has 0 aromatic heterocycles. The Morgan fingerprint density at radius 3 is 2.32 bits per heavy atom. The first-order valence-electron chi connectivity index (χ1n) is 10.1. The molecule has 3 aromatic rings. The maximum atomic E-state index is 12.4. The van der Waals surface area contributed by atoms with Crippen molar-refractivity contribution in [1.82, 2.24) is 0 Å². The fourth-order valence-electron chi connectivity index (χ4n) is 4.16. The molecule has 1 N–H and O–H groups in total. The SMILES string of the molecule is COc1ccc(N2CCN(c3c(-c4ccc5c(c4)OCC(=O)N5)c(=O)c3=O)CC2)cc1. The summed E-state index contributed by atoms with van der Waals surface area (Å²) in [5.41, 5.74) is 2.26. The average Bonchev–Trinajstić information content (AvgIpc) is 2.82. The fourth-order valence-corrected chi connectivity index (χ4v) is 4.16. The van der Waals surface area contributed by atoms with Crippen LogP contribution in [0.5, 0.6) is 11.5 Å². The quantitative estimate of drug-likeness (QED) is 0.643. The van der Waals surface area contributed by atoms with Crippen molar-refractivity contribution in [2.75, 3.05) is 55.0 Å². The van der Waals surface area contributed by atoms with E-state index >= 15 is 0 Å². The molecule has 1 amide bonds. The van der Waals surface area contributed by atoms with Gasteiger partial charge in [0, 0.05) is 31.9 Å². The number of carbonyl (C=O) groups is 1. The van der Waals surface area contributed by atoms with Crippen LogP contribution in [0.2, 0.25) is 0 Å². The van der Waals surface area contributed by atoms with E-state index in [9.17, 15) is 14.4 Å². The lowest BCUT2D eigenvalue weighted by atomic mass is 9.96. The summed E-state index contributed by atoms with van der Waals surface area (Å²) in [5, 5.41) is 2.73. The van der Waals surface area contributed by atoms with Crippen molar-refractivity contribution in [2.24, 2.45) is 0 Å². The molecule has 0 aliphatic carbocycles. The third kappa shape index (κ3) is 3.30. The number of carbonyl (C=O) groups excluding carboxylic acids is 1. The van der Waals surface area contributed by atoms with E-state index in [1.54, 1.807) is 25.3 Å². The van der Waals surface area contributed by atoms with E-state index in [0.29, 0.717) is 41.3 Å². The Morgan fingerprint density at radius 1 is 0.903 bits per heavy atom. The Balaban J connectivity index is 1.36. The zero-order chi connectivity index (χ0) is 21.5. The smallest absolute Gasteiger partial charge is 0.262 e. The molecule has 0 unspecified atom stereocenters. The maximum Gasteiger partial charge on any atom is 0.262 e. The molecule has 1 saturated heterocycles. The maximum absolute atomic E-state index is 12.4. The van der Waals surface area contributed by atoms with Gasteiger partial charge in [-0.3, -0.25) is 14.4 Å². The number of rotatable bonds is 4. The van der Waals surface area contributed by atoms with Gasteiger partial charge >= 0.3 is 0 Å². The zero-order valence-corrected chi connectivity index (χ0v) is 17.0. The normalized spacial score (nSPS) is 16.0. The molecular weight excluding hydrogens is 398 g/mol. The predicted octanol–water partition coefficient (Wildman–Crippen LogP) is 1.62. The highest BCUT2D eigenvalue weighted by Gasteiger charge is 2.30. The molecule has 0 atom stereocenters. The van der Waals surface area contributed by atoms with Crippen LogP contribution in [-0.2, 0) is 4.79 Å².